The lowest BCUT2D eigenvalue weighted by Gasteiger charge is -2.15. The maximum absolute atomic E-state index is 11.7. The molecule has 25 heavy (non-hydrogen) atoms. The van der Waals surface area contributed by atoms with Gasteiger partial charge in [0.2, 0.25) is 5.91 Å². The van der Waals surface area contributed by atoms with Crippen molar-refractivity contribution in [2.45, 2.75) is 6.42 Å². The topological polar surface area (TPSA) is 91.5 Å². The second kappa shape index (κ2) is 7.53. The lowest BCUT2D eigenvalue weighted by molar-refractivity contribution is -0.115. The molecule has 0 unspecified atom stereocenters. The standard InChI is InChI=1S/C19H21N5O/c1-21-12-14(11-20)13-5-7-15(8-6-13)23-16-3-2-4-17-19(16)22-10-9-18(25)24-17/h2-8,11-12,22-23H,9-10,20H2,1H3,(H,24,25). The first-order chi connectivity index (χ1) is 12.2. The summed E-state index contributed by atoms with van der Waals surface area (Å²) in [5.74, 6) is 0.0199. The van der Waals surface area contributed by atoms with Crippen LogP contribution in [0.5, 0.6) is 0 Å². The van der Waals surface area contributed by atoms with Gasteiger partial charge in [-0.15, -0.1) is 0 Å². The van der Waals surface area contributed by atoms with Crippen LogP contribution in [0.1, 0.15) is 12.0 Å². The molecule has 0 aromatic heterocycles. The van der Waals surface area contributed by atoms with E-state index in [0.717, 1.165) is 33.9 Å². The van der Waals surface area contributed by atoms with Crippen molar-refractivity contribution in [1.29, 1.82) is 0 Å². The number of amides is 1. The third-order valence-corrected chi connectivity index (χ3v) is 3.94. The van der Waals surface area contributed by atoms with Crippen LogP contribution in [0.3, 0.4) is 0 Å². The smallest absolute Gasteiger partial charge is 0.226 e. The Morgan fingerprint density at radius 3 is 2.76 bits per heavy atom. The third kappa shape index (κ3) is 3.80. The number of anilines is 4. The zero-order chi connectivity index (χ0) is 17.6. The number of hydrogen-bond donors (Lipinski definition) is 4. The molecule has 0 fully saturated rings. The first kappa shape index (κ1) is 16.6. The molecule has 0 radical (unpaired) electrons. The second-order valence-corrected chi connectivity index (χ2v) is 5.66. The van der Waals surface area contributed by atoms with Crippen LogP contribution >= 0.6 is 0 Å². The maximum atomic E-state index is 11.7. The molecule has 6 heteroatoms. The molecule has 1 amide bonds. The molecule has 6 nitrogen and oxygen atoms in total. The number of nitrogens with one attached hydrogen (secondary N) is 3. The molecule has 128 valence electrons. The van der Waals surface area contributed by atoms with Gasteiger partial charge in [0, 0.05) is 43.7 Å². The fourth-order valence-electron chi connectivity index (χ4n) is 2.72. The summed E-state index contributed by atoms with van der Waals surface area (Å²) >= 11 is 0. The molecule has 3 rings (SSSR count). The van der Waals surface area contributed by atoms with Gasteiger partial charge in [0.25, 0.3) is 0 Å². The summed E-state index contributed by atoms with van der Waals surface area (Å²) < 4.78 is 0. The van der Waals surface area contributed by atoms with E-state index in [1.807, 2.05) is 42.5 Å². The van der Waals surface area contributed by atoms with Crippen LogP contribution in [0.25, 0.3) is 5.57 Å². The Bertz CT molecular complexity index is 824. The van der Waals surface area contributed by atoms with Crippen LogP contribution in [-0.4, -0.2) is 25.7 Å². The molecule has 1 aliphatic heterocycles. The van der Waals surface area contributed by atoms with Gasteiger partial charge in [-0.3, -0.25) is 9.79 Å². The molecule has 0 spiro atoms. The van der Waals surface area contributed by atoms with E-state index in [-0.39, 0.29) is 5.91 Å². The lowest BCUT2D eigenvalue weighted by Crippen LogP contribution is -2.10. The fraction of sp³-hybridized carbons (Fsp3) is 0.158. The summed E-state index contributed by atoms with van der Waals surface area (Å²) in [6.07, 6.45) is 3.72. The van der Waals surface area contributed by atoms with E-state index in [4.69, 9.17) is 5.73 Å². The quantitative estimate of drug-likeness (QED) is 0.646. The van der Waals surface area contributed by atoms with E-state index in [2.05, 4.69) is 20.9 Å². The molecule has 1 aliphatic rings. The highest BCUT2D eigenvalue weighted by atomic mass is 16.1. The Morgan fingerprint density at radius 1 is 1.24 bits per heavy atom. The molecular weight excluding hydrogens is 314 g/mol. The zero-order valence-electron chi connectivity index (χ0n) is 14.0. The maximum Gasteiger partial charge on any atom is 0.226 e. The summed E-state index contributed by atoms with van der Waals surface area (Å²) in [7, 11) is 1.71. The molecule has 0 saturated carbocycles. The van der Waals surface area contributed by atoms with Crippen LogP contribution in [0.4, 0.5) is 22.7 Å². The number of carbonyl (C=O) groups excluding carboxylic acids is 1. The van der Waals surface area contributed by atoms with E-state index in [1.54, 1.807) is 19.5 Å². The predicted molar refractivity (Wildman–Crippen MR) is 104 cm³/mol. The molecule has 5 N–H and O–H groups in total. The van der Waals surface area contributed by atoms with Gasteiger partial charge in [0.15, 0.2) is 0 Å². The number of fused-ring (bicyclic) bond motifs is 1. The summed E-state index contributed by atoms with van der Waals surface area (Å²) in [5, 5.41) is 9.62. The zero-order valence-corrected chi connectivity index (χ0v) is 14.0. The number of hydrogen-bond acceptors (Lipinski definition) is 5. The van der Waals surface area contributed by atoms with Crippen LogP contribution in [0, 0.1) is 0 Å². The van der Waals surface area contributed by atoms with Gasteiger partial charge in [-0.1, -0.05) is 18.2 Å². The van der Waals surface area contributed by atoms with Crippen molar-refractivity contribution in [3.63, 3.8) is 0 Å². The predicted octanol–water partition coefficient (Wildman–Crippen LogP) is 3.18. The van der Waals surface area contributed by atoms with Crippen LogP contribution < -0.4 is 21.7 Å². The highest BCUT2D eigenvalue weighted by Crippen LogP contribution is 2.34. The summed E-state index contributed by atoms with van der Waals surface area (Å²) in [4.78, 5) is 15.7. The van der Waals surface area contributed by atoms with Gasteiger partial charge in [-0.05, 0) is 29.8 Å². The fourth-order valence-corrected chi connectivity index (χ4v) is 2.72. The van der Waals surface area contributed by atoms with Crippen LogP contribution in [0.15, 0.2) is 53.7 Å². The van der Waals surface area contributed by atoms with Crippen LogP contribution in [0.2, 0.25) is 0 Å². The third-order valence-electron chi connectivity index (χ3n) is 3.94. The van der Waals surface area contributed by atoms with E-state index < -0.39 is 0 Å². The van der Waals surface area contributed by atoms with Gasteiger partial charge < -0.3 is 21.7 Å². The highest BCUT2D eigenvalue weighted by Gasteiger charge is 2.15. The SMILES string of the molecule is CN=CC(=CN)c1ccc(Nc2cccc3c2NCCC(=O)N3)cc1. The van der Waals surface area contributed by atoms with Crippen molar-refractivity contribution in [2.24, 2.45) is 10.7 Å². The molecule has 0 aliphatic carbocycles. The summed E-state index contributed by atoms with van der Waals surface area (Å²) in [6.45, 7) is 0.609. The number of aliphatic imine (C=N–C) groups is 1. The molecule has 1 heterocycles. The second-order valence-electron chi connectivity index (χ2n) is 5.66. The minimum Gasteiger partial charge on any atom is -0.404 e. The molecule has 0 saturated heterocycles. The van der Waals surface area contributed by atoms with Crippen molar-refractivity contribution in [3.05, 3.63) is 54.2 Å². The van der Waals surface area contributed by atoms with E-state index >= 15 is 0 Å². The Morgan fingerprint density at radius 2 is 2.04 bits per heavy atom. The van der Waals surface area contributed by atoms with Crippen molar-refractivity contribution in [3.8, 4) is 0 Å². The van der Waals surface area contributed by atoms with Gasteiger partial charge in [-0.2, -0.15) is 0 Å². The van der Waals surface area contributed by atoms with Crippen molar-refractivity contribution >= 4 is 40.4 Å². The Balaban J connectivity index is 1.84. The van der Waals surface area contributed by atoms with Crippen molar-refractivity contribution in [2.75, 3.05) is 29.5 Å². The van der Waals surface area contributed by atoms with Crippen molar-refractivity contribution in [1.82, 2.24) is 0 Å². The number of para-hydroxylation sites is 1. The molecular formula is C19H21N5O. The largest absolute Gasteiger partial charge is 0.404 e. The average molecular weight is 335 g/mol. The number of rotatable bonds is 4. The lowest BCUT2D eigenvalue weighted by atomic mass is 10.1. The average Bonchev–Trinajstić information content (AvgIpc) is 2.82. The Hall–Kier alpha value is -3.28. The number of benzene rings is 2. The molecule has 2 aromatic carbocycles. The number of nitrogens with two attached hydrogens (primary N) is 1. The minimum atomic E-state index is 0.0199. The van der Waals surface area contributed by atoms with E-state index in [9.17, 15) is 4.79 Å². The number of carbonyl (C=O) groups is 1. The van der Waals surface area contributed by atoms with Gasteiger partial charge in [-0.25, -0.2) is 0 Å². The Kier molecular flexibility index (Phi) is 4.99. The van der Waals surface area contributed by atoms with Crippen LogP contribution in [-0.2, 0) is 4.79 Å². The highest BCUT2D eigenvalue weighted by molar-refractivity contribution is 6.09. The summed E-state index contributed by atoms with van der Waals surface area (Å²) in [6, 6.07) is 13.7. The van der Waals surface area contributed by atoms with Gasteiger partial charge >= 0.3 is 0 Å². The van der Waals surface area contributed by atoms with Gasteiger partial charge in [0.05, 0.1) is 17.1 Å². The summed E-state index contributed by atoms with van der Waals surface area (Å²) in [5.41, 5.74) is 11.1. The first-order valence-corrected chi connectivity index (χ1v) is 8.09. The van der Waals surface area contributed by atoms with E-state index in [0.29, 0.717) is 13.0 Å². The number of nitrogens with zero attached hydrogens (tertiary/aromatic N) is 1. The van der Waals surface area contributed by atoms with Gasteiger partial charge in [0.1, 0.15) is 0 Å². The number of allylic oxidation sites excluding steroid dienone is 1. The van der Waals surface area contributed by atoms with E-state index in [1.165, 1.54) is 0 Å². The Labute approximate surface area is 146 Å². The minimum absolute atomic E-state index is 0.0199. The molecule has 0 bridgehead atoms. The van der Waals surface area contributed by atoms with Crippen molar-refractivity contribution < 1.29 is 4.79 Å². The first-order valence-electron chi connectivity index (χ1n) is 8.09. The monoisotopic (exact) mass is 335 g/mol. The normalized spacial score (nSPS) is 14.4. The molecule has 0 atom stereocenters. The molecule has 2 aromatic rings.